The number of aromatic nitrogens is 1. The van der Waals surface area contributed by atoms with Crippen LogP contribution in [0.2, 0.25) is 0 Å². The molecule has 2 aromatic rings. The standard InChI is InChI=1S/C18H24N2O2S/c1-12(17(21)19-10-15-11-23-13(2)20-15)22-16-8-6-14(7-9-16)18(3,4)5/h6-9,11-12H,10H2,1-5H3,(H,19,21). The molecule has 0 aliphatic heterocycles. The van der Waals surface area contributed by atoms with Crippen molar-refractivity contribution in [2.24, 2.45) is 0 Å². The summed E-state index contributed by atoms with van der Waals surface area (Å²) in [7, 11) is 0. The summed E-state index contributed by atoms with van der Waals surface area (Å²) in [5, 5.41) is 5.80. The smallest absolute Gasteiger partial charge is 0.261 e. The second kappa shape index (κ2) is 7.13. The van der Waals surface area contributed by atoms with E-state index in [1.54, 1.807) is 18.3 Å². The van der Waals surface area contributed by atoms with Crippen molar-refractivity contribution >= 4 is 17.2 Å². The van der Waals surface area contributed by atoms with E-state index in [2.05, 4.69) is 31.1 Å². The Balaban J connectivity index is 1.88. The normalized spacial score (nSPS) is 12.7. The molecule has 0 bridgehead atoms. The van der Waals surface area contributed by atoms with Crippen LogP contribution in [-0.4, -0.2) is 17.0 Å². The summed E-state index contributed by atoms with van der Waals surface area (Å²) >= 11 is 1.58. The van der Waals surface area contributed by atoms with Crippen molar-refractivity contribution in [1.82, 2.24) is 10.3 Å². The molecule has 1 heterocycles. The second-order valence-corrected chi connectivity index (χ2v) is 7.67. The van der Waals surface area contributed by atoms with Crippen molar-refractivity contribution in [2.75, 3.05) is 0 Å². The van der Waals surface area contributed by atoms with Crippen LogP contribution in [0, 0.1) is 6.92 Å². The number of thiazole rings is 1. The van der Waals surface area contributed by atoms with E-state index < -0.39 is 6.10 Å². The first-order valence-electron chi connectivity index (χ1n) is 7.71. The highest BCUT2D eigenvalue weighted by Crippen LogP contribution is 2.24. The van der Waals surface area contributed by atoms with Crippen LogP contribution < -0.4 is 10.1 Å². The van der Waals surface area contributed by atoms with Gasteiger partial charge in [0, 0.05) is 5.38 Å². The molecule has 1 amide bonds. The molecule has 2 rings (SSSR count). The van der Waals surface area contributed by atoms with Crippen molar-refractivity contribution in [2.45, 2.75) is 52.7 Å². The Labute approximate surface area is 141 Å². The maximum Gasteiger partial charge on any atom is 0.261 e. The molecule has 0 saturated heterocycles. The van der Waals surface area contributed by atoms with Gasteiger partial charge in [-0.1, -0.05) is 32.9 Å². The quantitative estimate of drug-likeness (QED) is 0.905. The predicted molar refractivity (Wildman–Crippen MR) is 93.9 cm³/mol. The molecule has 1 unspecified atom stereocenters. The lowest BCUT2D eigenvalue weighted by molar-refractivity contribution is -0.127. The van der Waals surface area contributed by atoms with Crippen molar-refractivity contribution in [1.29, 1.82) is 0 Å². The molecule has 0 radical (unpaired) electrons. The highest BCUT2D eigenvalue weighted by molar-refractivity contribution is 7.09. The van der Waals surface area contributed by atoms with Gasteiger partial charge in [0.25, 0.3) is 5.91 Å². The topological polar surface area (TPSA) is 51.2 Å². The van der Waals surface area contributed by atoms with Crippen LogP contribution in [0.5, 0.6) is 5.75 Å². The van der Waals surface area contributed by atoms with Gasteiger partial charge in [0.1, 0.15) is 5.75 Å². The van der Waals surface area contributed by atoms with Crippen molar-refractivity contribution in [3.63, 3.8) is 0 Å². The molecule has 0 aliphatic rings. The van der Waals surface area contributed by atoms with Gasteiger partial charge in [0.2, 0.25) is 0 Å². The molecule has 1 N–H and O–H groups in total. The number of carbonyl (C=O) groups excluding carboxylic acids is 1. The average molecular weight is 332 g/mol. The van der Waals surface area contributed by atoms with E-state index in [1.165, 1.54) is 5.56 Å². The number of hydrogen-bond donors (Lipinski definition) is 1. The number of ether oxygens (including phenoxy) is 1. The molecule has 1 aromatic heterocycles. The van der Waals surface area contributed by atoms with E-state index in [0.717, 1.165) is 10.7 Å². The Bertz CT molecular complexity index is 656. The molecular weight excluding hydrogens is 308 g/mol. The minimum absolute atomic E-state index is 0.104. The summed E-state index contributed by atoms with van der Waals surface area (Å²) in [5.41, 5.74) is 2.22. The third kappa shape index (κ3) is 5.06. The number of aryl methyl sites for hydroxylation is 1. The van der Waals surface area contributed by atoms with E-state index >= 15 is 0 Å². The van der Waals surface area contributed by atoms with Crippen LogP contribution in [-0.2, 0) is 16.8 Å². The first kappa shape index (κ1) is 17.5. The predicted octanol–water partition coefficient (Wildman–Crippen LogP) is 3.83. The number of nitrogens with zero attached hydrogens (tertiary/aromatic N) is 1. The minimum atomic E-state index is -0.546. The van der Waals surface area contributed by atoms with Gasteiger partial charge < -0.3 is 10.1 Å². The molecule has 0 fully saturated rings. The number of hydrogen-bond acceptors (Lipinski definition) is 4. The largest absolute Gasteiger partial charge is 0.481 e. The van der Waals surface area contributed by atoms with E-state index in [0.29, 0.717) is 12.3 Å². The fourth-order valence-electron chi connectivity index (χ4n) is 2.10. The zero-order valence-corrected chi connectivity index (χ0v) is 15.2. The van der Waals surface area contributed by atoms with Gasteiger partial charge >= 0.3 is 0 Å². The summed E-state index contributed by atoms with van der Waals surface area (Å²) in [6.07, 6.45) is -0.546. The van der Waals surface area contributed by atoms with Crippen LogP contribution in [0.4, 0.5) is 0 Å². The zero-order valence-electron chi connectivity index (χ0n) is 14.3. The SMILES string of the molecule is Cc1nc(CNC(=O)C(C)Oc2ccc(C(C)(C)C)cc2)cs1. The third-order valence-electron chi connectivity index (χ3n) is 3.51. The van der Waals surface area contributed by atoms with Gasteiger partial charge in [-0.3, -0.25) is 4.79 Å². The molecule has 1 aromatic carbocycles. The monoisotopic (exact) mass is 332 g/mol. The van der Waals surface area contributed by atoms with Gasteiger partial charge in [-0.2, -0.15) is 0 Å². The average Bonchev–Trinajstić information content (AvgIpc) is 2.90. The minimum Gasteiger partial charge on any atom is -0.481 e. The van der Waals surface area contributed by atoms with E-state index in [9.17, 15) is 4.79 Å². The highest BCUT2D eigenvalue weighted by atomic mass is 32.1. The molecule has 0 saturated carbocycles. The Morgan fingerprint density at radius 3 is 2.48 bits per heavy atom. The lowest BCUT2D eigenvalue weighted by Gasteiger charge is -2.20. The van der Waals surface area contributed by atoms with E-state index in [1.807, 2.05) is 36.6 Å². The second-order valence-electron chi connectivity index (χ2n) is 6.61. The first-order chi connectivity index (χ1) is 10.8. The van der Waals surface area contributed by atoms with E-state index in [4.69, 9.17) is 4.74 Å². The maximum atomic E-state index is 12.1. The van der Waals surface area contributed by atoms with Crippen molar-refractivity contribution in [3.05, 3.63) is 45.9 Å². The molecule has 124 valence electrons. The Kier molecular flexibility index (Phi) is 5.42. The zero-order chi connectivity index (χ0) is 17.0. The maximum absolute atomic E-state index is 12.1. The highest BCUT2D eigenvalue weighted by Gasteiger charge is 2.16. The lowest BCUT2D eigenvalue weighted by atomic mass is 9.87. The number of rotatable bonds is 5. The molecular formula is C18H24N2O2S. The summed E-state index contributed by atoms with van der Waals surface area (Å²) in [4.78, 5) is 16.4. The van der Waals surface area contributed by atoms with Crippen LogP contribution in [0.15, 0.2) is 29.6 Å². The summed E-state index contributed by atoms with van der Waals surface area (Å²) < 4.78 is 5.71. The third-order valence-corrected chi connectivity index (χ3v) is 4.34. The van der Waals surface area contributed by atoms with Gasteiger partial charge in [0.05, 0.1) is 17.2 Å². The van der Waals surface area contributed by atoms with Crippen LogP contribution in [0.25, 0.3) is 0 Å². The van der Waals surface area contributed by atoms with E-state index in [-0.39, 0.29) is 11.3 Å². The van der Waals surface area contributed by atoms with Crippen LogP contribution in [0.1, 0.15) is 44.0 Å². The molecule has 0 spiro atoms. The van der Waals surface area contributed by atoms with Crippen LogP contribution >= 0.6 is 11.3 Å². The van der Waals surface area contributed by atoms with Gasteiger partial charge in [0.15, 0.2) is 6.10 Å². The Hall–Kier alpha value is -1.88. The van der Waals surface area contributed by atoms with Crippen molar-refractivity contribution < 1.29 is 9.53 Å². The fraction of sp³-hybridized carbons (Fsp3) is 0.444. The van der Waals surface area contributed by atoms with Gasteiger partial charge in [-0.25, -0.2) is 4.98 Å². The molecule has 4 nitrogen and oxygen atoms in total. The lowest BCUT2D eigenvalue weighted by Crippen LogP contribution is -2.36. The molecule has 23 heavy (non-hydrogen) atoms. The number of benzene rings is 1. The summed E-state index contributed by atoms with van der Waals surface area (Å²) in [6, 6.07) is 7.90. The molecule has 5 heteroatoms. The first-order valence-corrected chi connectivity index (χ1v) is 8.59. The molecule has 0 aliphatic carbocycles. The summed E-state index contributed by atoms with van der Waals surface area (Å²) in [6.45, 7) is 10.6. The van der Waals surface area contributed by atoms with Crippen LogP contribution in [0.3, 0.4) is 0 Å². The van der Waals surface area contributed by atoms with Gasteiger partial charge in [-0.15, -0.1) is 11.3 Å². The molecule has 1 atom stereocenters. The number of nitrogens with one attached hydrogen (secondary N) is 1. The summed E-state index contributed by atoms with van der Waals surface area (Å²) in [5.74, 6) is 0.556. The van der Waals surface area contributed by atoms with Crippen molar-refractivity contribution in [3.8, 4) is 5.75 Å². The van der Waals surface area contributed by atoms with Gasteiger partial charge in [-0.05, 0) is 37.0 Å². The fourth-order valence-corrected chi connectivity index (χ4v) is 2.71. The Morgan fingerprint density at radius 2 is 1.96 bits per heavy atom. The number of carbonyl (C=O) groups is 1. The Morgan fingerprint density at radius 1 is 1.30 bits per heavy atom. The number of amides is 1.